The van der Waals surface area contributed by atoms with Crippen LogP contribution in [0.15, 0.2) is 29.4 Å². The van der Waals surface area contributed by atoms with Gasteiger partial charge in [-0.1, -0.05) is 23.4 Å². The maximum atomic E-state index is 11.8. The highest BCUT2D eigenvalue weighted by molar-refractivity contribution is 7.99. The van der Waals surface area contributed by atoms with Crippen molar-refractivity contribution in [2.75, 3.05) is 5.75 Å². The highest BCUT2D eigenvalue weighted by atomic mass is 35.5. The van der Waals surface area contributed by atoms with Gasteiger partial charge in [0.2, 0.25) is 5.91 Å². The summed E-state index contributed by atoms with van der Waals surface area (Å²) in [6, 6.07) is 6.45. The van der Waals surface area contributed by atoms with Gasteiger partial charge in [0.15, 0.2) is 11.0 Å². The SMILES string of the molecule is CC(C)NC(=O)NC(=O)CSc1nnc(COc2ccc(Cl)cc2)n1C. The summed E-state index contributed by atoms with van der Waals surface area (Å²) < 4.78 is 7.37. The molecule has 0 unspecified atom stereocenters. The first-order valence-electron chi connectivity index (χ1n) is 7.85. The largest absolute Gasteiger partial charge is 0.486 e. The van der Waals surface area contributed by atoms with Crippen LogP contribution in [-0.2, 0) is 18.4 Å². The normalized spacial score (nSPS) is 10.7. The molecule has 1 heterocycles. The fourth-order valence-corrected chi connectivity index (χ4v) is 2.72. The van der Waals surface area contributed by atoms with E-state index in [-0.39, 0.29) is 18.4 Å². The Morgan fingerprint density at radius 2 is 1.96 bits per heavy atom. The topological polar surface area (TPSA) is 98.1 Å². The molecule has 1 aromatic heterocycles. The van der Waals surface area contributed by atoms with Crippen LogP contribution in [0.3, 0.4) is 0 Å². The van der Waals surface area contributed by atoms with Crippen molar-refractivity contribution < 1.29 is 14.3 Å². The minimum Gasteiger partial charge on any atom is -0.486 e. The average Bonchev–Trinajstić information content (AvgIpc) is 2.92. The van der Waals surface area contributed by atoms with Crippen LogP contribution in [0.4, 0.5) is 4.79 Å². The number of nitrogens with zero attached hydrogens (tertiary/aromatic N) is 3. The molecule has 2 aromatic rings. The lowest BCUT2D eigenvalue weighted by Gasteiger charge is -2.09. The van der Waals surface area contributed by atoms with E-state index in [1.807, 2.05) is 13.8 Å². The Morgan fingerprint density at radius 3 is 2.62 bits per heavy atom. The van der Waals surface area contributed by atoms with Gasteiger partial charge >= 0.3 is 6.03 Å². The molecule has 2 rings (SSSR count). The quantitative estimate of drug-likeness (QED) is 0.696. The van der Waals surface area contributed by atoms with Crippen molar-refractivity contribution in [3.05, 3.63) is 35.1 Å². The second-order valence-electron chi connectivity index (χ2n) is 5.67. The molecule has 0 aliphatic heterocycles. The number of carbonyl (C=O) groups excluding carboxylic acids is 2. The maximum Gasteiger partial charge on any atom is 0.321 e. The van der Waals surface area contributed by atoms with Crippen LogP contribution in [0.2, 0.25) is 5.02 Å². The average molecular weight is 398 g/mol. The minimum absolute atomic E-state index is 0.0441. The van der Waals surface area contributed by atoms with E-state index in [0.29, 0.717) is 21.8 Å². The van der Waals surface area contributed by atoms with E-state index >= 15 is 0 Å². The van der Waals surface area contributed by atoms with Crippen molar-refractivity contribution >= 4 is 35.3 Å². The summed E-state index contributed by atoms with van der Waals surface area (Å²) in [5, 5.41) is 14.1. The predicted octanol–water partition coefficient (Wildman–Crippen LogP) is 2.37. The van der Waals surface area contributed by atoms with E-state index in [2.05, 4.69) is 20.8 Å². The minimum atomic E-state index is -0.513. The van der Waals surface area contributed by atoms with E-state index in [4.69, 9.17) is 16.3 Å². The first-order valence-corrected chi connectivity index (χ1v) is 9.21. The predicted molar refractivity (Wildman–Crippen MR) is 99.3 cm³/mol. The van der Waals surface area contributed by atoms with Gasteiger partial charge in [-0.2, -0.15) is 0 Å². The summed E-state index contributed by atoms with van der Waals surface area (Å²) in [4.78, 5) is 23.3. The van der Waals surface area contributed by atoms with Crippen LogP contribution >= 0.6 is 23.4 Å². The van der Waals surface area contributed by atoms with Gasteiger partial charge in [-0.3, -0.25) is 10.1 Å². The van der Waals surface area contributed by atoms with Crippen LogP contribution in [0, 0.1) is 0 Å². The zero-order valence-corrected chi connectivity index (χ0v) is 16.2. The molecule has 8 nitrogen and oxygen atoms in total. The van der Waals surface area contributed by atoms with Gasteiger partial charge in [0.05, 0.1) is 5.75 Å². The molecule has 0 saturated heterocycles. The Kier molecular flexibility index (Phi) is 7.28. The first-order chi connectivity index (χ1) is 12.3. The van der Waals surface area contributed by atoms with Gasteiger partial charge in [-0.25, -0.2) is 4.79 Å². The van der Waals surface area contributed by atoms with Crippen molar-refractivity contribution in [1.82, 2.24) is 25.4 Å². The lowest BCUT2D eigenvalue weighted by Crippen LogP contribution is -2.43. The number of hydrogen-bond donors (Lipinski definition) is 2. The van der Waals surface area contributed by atoms with Crippen molar-refractivity contribution in [1.29, 1.82) is 0 Å². The van der Waals surface area contributed by atoms with Gasteiger partial charge in [0.1, 0.15) is 12.4 Å². The lowest BCUT2D eigenvalue weighted by atomic mass is 10.3. The third-order valence-corrected chi connectivity index (χ3v) is 4.38. The molecule has 0 atom stereocenters. The second kappa shape index (κ2) is 9.44. The van der Waals surface area contributed by atoms with Gasteiger partial charge in [-0.05, 0) is 38.1 Å². The number of thioether (sulfide) groups is 1. The summed E-state index contributed by atoms with van der Waals surface area (Å²) >= 11 is 7.02. The Bertz CT molecular complexity index is 764. The van der Waals surface area contributed by atoms with Gasteiger partial charge in [0.25, 0.3) is 0 Å². The monoisotopic (exact) mass is 397 g/mol. The number of rotatable bonds is 7. The van der Waals surface area contributed by atoms with Crippen LogP contribution in [0.25, 0.3) is 0 Å². The highest BCUT2D eigenvalue weighted by Crippen LogP contribution is 2.18. The smallest absolute Gasteiger partial charge is 0.321 e. The van der Waals surface area contributed by atoms with Crippen molar-refractivity contribution in [2.24, 2.45) is 7.05 Å². The van der Waals surface area contributed by atoms with Crippen LogP contribution in [-0.4, -0.2) is 38.5 Å². The molecule has 0 bridgehead atoms. The first kappa shape index (κ1) is 20.1. The third-order valence-electron chi connectivity index (χ3n) is 3.11. The number of aromatic nitrogens is 3. The van der Waals surface area contributed by atoms with E-state index in [1.165, 1.54) is 11.8 Å². The fourth-order valence-electron chi connectivity index (χ4n) is 1.87. The number of ether oxygens (including phenoxy) is 1. The van der Waals surface area contributed by atoms with Gasteiger partial charge in [-0.15, -0.1) is 10.2 Å². The number of imide groups is 1. The summed E-state index contributed by atoms with van der Waals surface area (Å²) in [5.41, 5.74) is 0. The molecule has 2 N–H and O–H groups in total. The molecule has 0 spiro atoms. The number of carbonyl (C=O) groups is 2. The molecule has 26 heavy (non-hydrogen) atoms. The molecular weight excluding hydrogens is 378 g/mol. The molecule has 3 amide bonds. The number of hydrogen-bond acceptors (Lipinski definition) is 6. The highest BCUT2D eigenvalue weighted by Gasteiger charge is 2.14. The van der Waals surface area contributed by atoms with E-state index < -0.39 is 11.9 Å². The van der Waals surface area contributed by atoms with Crippen LogP contribution < -0.4 is 15.4 Å². The molecule has 1 aromatic carbocycles. The third kappa shape index (κ3) is 6.23. The van der Waals surface area contributed by atoms with Crippen LogP contribution in [0.1, 0.15) is 19.7 Å². The summed E-state index contributed by atoms with van der Waals surface area (Å²) in [7, 11) is 1.78. The Labute approximate surface area is 160 Å². The summed E-state index contributed by atoms with van der Waals surface area (Å²) in [6.07, 6.45) is 0. The molecule has 0 aliphatic carbocycles. The van der Waals surface area contributed by atoms with Crippen molar-refractivity contribution in [2.45, 2.75) is 31.7 Å². The van der Waals surface area contributed by atoms with Gasteiger partial charge < -0.3 is 14.6 Å². The molecule has 0 fully saturated rings. The molecule has 140 valence electrons. The van der Waals surface area contributed by atoms with Crippen molar-refractivity contribution in [3.63, 3.8) is 0 Å². The van der Waals surface area contributed by atoms with Crippen molar-refractivity contribution in [3.8, 4) is 5.75 Å². The number of nitrogens with one attached hydrogen (secondary N) is 2. The van der Waals surface area contributed by atoms with E-state index in [1.54, 1.807) is 35.9 Å². The Balaban J connectivity index is 1.83. The molecule has 0 aliphatic rings. The number of urea groups is 1. The van der Waals surface area contributed by atoms with Crippen LogP contribution in [0.5, 0.6) is 5.75 Å². The number of halogens is 1. The Morgan fingerprint density at radius 1 is 1.27 bits per heavy atom. The standard InChI is InChI=1S/C16H20ClN5O3S/c1-10(2)18-15(24)19-14(23)9-26-16-21-20-13(22(16)3)8-25-12-6-4-11(17)5-7-12/h4-7,10H,8-9H2,1-3H3,(H2,18,19,23,24). The fraction of sp³-hybridized carbons (Fsp3) is 0.375. The Hall–Kier alpha value is -2.26. The molecule has 0 saturated carbocycles. The van der Waals surface area contributed by atoms with Gasteiger partial charge in [0, 0.05) is 18.1 Å². The molecular formula is C16H20ClN5O3S. The summed E-state index contributed by atoms with van der Waals surface area (Å²) in [6.45, 7) is 3.85. The lowest BCUT2D eigenvalue weighted by molar-refractivity contribution is -0.117. The zero-order chi connectivity index (χ0) is 19.1. The van der Waals surface area contributed by atoms with E-state index in [0.717, 1.165) is 0 Å². The zero-order valence-electron chi connectivity index (χ0n) is 14.7. The van der Waals surface area contributed by atoms with E-state index in [9.17, 15) is 9.59 Å². The molecule has 0 radical (unpaired) electrons. The number of amides is 3. The molecule has 10 heteroatoms. The maximum absolute atomic E-state index is 11.8. The summed E-state index contributed by atoms with van der Waals surface area (Å²) in [5.74, 6) is 0.924. The number of benzene rings is 1. The second-order valence-corrected chi connectivity index (χ2v) is 7.04.